The Labute approximate surface area is 206 Å². The van der Waals surface area contributed by atoms with E-state index in [1.54, 1.807) is 12.1 Å². The Hall–Kier alpha value is -2.00. The van der Waals surface area contributed by atoms with Gasteiger partial charge in [-0.3, -0.25) is 4.79 Å². The van der Waals surface area contributed by atoms with E-state index in [1.807, 2.05) is 62.4 Å². The molecule has 0 fully saturated rings. The fourth-order valence-electron chi connectivity index (χ4n) is 3.16. The van der Waals surface area contributed by atoms with Crippen molar-refractivity contribution in [2.75, 3.05) is 6.54 Å². The molecule has 0 unspecified atom stereocenters. The van der Waals surface area contributed by atoms with Crippen molar-refractivity contribution in [2.24, 2.45) is 0 Å². The number of halogens is 2. The summed E-state index contributed by atoms with van der Waals surface area (Å²) in [5, 5.41) is 2.91. The van der Waals surface area contributed by atoms with Gasteiger partial charge in [0.15, 0.2) is 0 Å². The molecule has 0 aliphatic carbocycles. The van der Waals surface area contributed by atoms with E-state index in [0.29, 0.717) is 0 Å². The Morgan fingerprint density at radius 2 is 1.44 bits per heavy atom. The maximum Gasteiger partial charge on any atom is 0.243 e. The lowest BCUT2D eigenvalue weighted by Crippen LogP contribution is -2.41. The van der Waals surface area contributed by atoms with E-state index in [9.17, 15) is 13.2 Å². The summed E-state index contributed by atoms with van der Waals surface area (Å²) in [7, 11) is -3.88. The maximum absolute atomic E-state index is 13.4. The molecular weight excluding hydrogens is 556 g/mol. The zero-order valence-electron chi connectivity index (χ0n) is 17.8. The van der Waals surface area contributed by atoms with E-state index in [-0.39, 0.29) is 29.9 Å². The van der Waals surface area contributed by atoms with Crippen molar-refractivity contribution in [1.82, 2.24) is 9.62 Å². The van der Waals surface area contributed by atoms with Crippen LogP contribution in [0.1, 0.15) is 29.7 Å². The molecule has 168 valence electrons. The molecule has 3 aromatic carbocycles. The van der Waals surface area contributed by atoms with E-state index >= 15 is 0 Å². The molecule has 0 spiro atoms. The minimum atomic E-state index is -3.88. The Bertz CT molecular complexity index is 1160. The van der Waals surface area contributed by atoms with Crippen LogP contribution < -0.4 is 5.32 Å². The van der Waals surface area contributed by atoms with Crippen LogP contribution in [0.5, 0.6) is 0 Å². The number of aryl methyl sites for hydroxylation is 1. The third-order valence-electron chi connectivity index (χ3n) is 5.00. The SMILES string of the molecule is Cc1ccc(CN(CC(=O)N[C@H](C)c2ccc(Br)cc2)S(=O)(=O)c2ccc(Br)cc2)cc1. The van der Waals surface area contributed by atoms with Crippen molar-refractivity contribution in [3.05, 3.63) is 98.4 Å². The van der Waals surface area contributed by atoms with Gasteiger partial charge >= 0.3 is 0 Å². The Morgan fingerprint density at radius 1 is 0.906 bits per heavy atom. The van der Waals surface area contributed by atoms with E-state index < -0.39 is 10.0 Å². The molecule has 1 N–H and O–H groups in total. The Kier molecular flexibility index (Phi) is 8.27. The summed E-state index contributed by atoms with van der Waals surface area (Å²) >= 11 is 6.73. The van der Waals surface area contributed by atoms with Gasteiger partial charge in [-0.2, -0.15) is 4.31 Å². The van der Waals surface area contributed by atoms with Gasteiger partial charge in [-0.05, 0) is 61.4 Å². The number of rotatable bonds is 8. The van der Waals surface area contributed by atoms with Gasteiger partial charge in [0.05, 0.1) is 17.5 Å². The topological polar surface area (TPSA) is 66.5 Å². The third-order valence-corrected chi connectivity index (χ3v) is 7.86. The predicted octanol–water partition coefficient (Wildman–Crippen LogP) is 5.59. The largest absolute Gasteiger partial charge is 0.348 e. The number of amides is 1. The van der Waals surface area contributed by atoms with Crippen molar-refractivity contribution in [3.63, 3.8) is 0 Å². The summed E-state index contributed by atoms with van der Waals surface area (Å²) < 4.78 is 29.7. The van der Waals surface area contributed by atoms with Crippen LogP contribution in [-0.4, -0.2) is 25.2 Å². The summed E-state index contributed by atoms with van der Waals surface area (Å²) in [6, 6.07) is 21.4. The summed E-state index contributed by atoms with van der Waals surface area (Å²) in [6.45, 7) is 3.65. The highest BCUT2D eigenvalue weighted by Gasteiger charge is 2.27. The highest BCUT2D eigenvalue weighted by Crippen LogP contribution is 2.22. The van der Waals surface area contributed by atoms with Gasteiger partial charge in [-0.1, -0.05) is 73.8 Å². The number of nitrogens with one attached hydrogen (secondary N) is 1. The van der Waals surface area contributed by atoms with E-state index in [4.69, 9.17) is 0 Å². The number of hydrogen-bond acceptors (Lipinski definition) is 3. The molecule has 1 amide bonds. The minimum Gasteiger partial charge on any atom is -0.348 e. The summed E-state index contributed by atoms with van der Waals surface area (Å²) in [6.07, 6.45) is 0. The standard InChI is InChI=1S/C24H24Br2N2O3S/c1-17-3-5-19(6-4-17)15-28(32(30,31)23-13-11-22(26)12-14-23)16-24(29)27-18(2)20-7-9-21(25)10-8-20/h3-14,18H,15-16H2,1-2H3,(H,27,29)/t18-/m1/s1. The lowest BCUT2D eigenvalue weighted by Gasteiger charge is -2.23. The van der Waals surface area contributed by atoms with Crippen molar-refractivity contribution in [1.29, 1.82) is 0 Å². The molecule has 3 rings (SSSR count). The average molecular weight is 580 g/mol. The first kappa shape index (κ1) is 24.6. The molecule has 3 aromatic rings. The minimum absolute atomic E-state index is 0.0960. The highest BCUT2D eigenvalue weighted by atomic mass is 79.9. The maximum atomic E-state index is 13.4. The molecule has 0 aromatic heterocycles. The molecule has 0 heterocycles. The lowest BCUT2D eigenvalue weighted by molar-refractivity contribution is -0.122. The van der Waals surface area contributed by atoms with Crippen LogP contribution in [0.3, 0.4) is 0 Å². The van der Waals surface area contributed by atoms with E-state index in [0.717, 1.165) is 25.6 Å². The predicted molar refractivity (Wildman–Crippen MR) is 134 cm³/mol. The second kappa shape index (κ2) is 10.7. The van der Waals surface area contributed by atoms with Gasteiger partial charge in [-0.15, -0.1) is 0 Å². The normalized spacial score (nSPS) is 12.5. The van der Waals surface area contributed by atoms with Gasteiger partial charge in [-0.25, -0.2) is 8.42 Å². The molecule has 1 atom stereocenters. The van der Waals surface area contributed by atoms with Crippen LogP contribution in [-0.2, 0) is 21.4 Å². The summed E-state index contributed by atoms with van der Waals surface area (Å²) in [5.74, 6) is -0.367. The third kappa shape index (κ3) is 6.51. The summed E-state index contributed by atoms with van der Waals surface area (Å²) in [4.78, 5) is 13.0. The van der Waals surface area contributed by atoms with Gasteiger partial charge in [0, 0.05) is 15.5 Å². The smallest absolute Gasteiger partial charge is 0.243 e. The van der Waals surface area contributed by atoms with Crippen molar-refractivity contribution in [2.45, 2.75) is 31.3 Å². The number of carbonyl (C=O) groups excluding carboxylic acids is 1. The van der Waals surface area contributed by atoms with Crippen LogP contribution in [0.15, 0.2) is 86.6 Å². The number of sulfonamides is 1. The molecule has 5 nitrogen and oxygen atoms in total. The van der Waals surface area contributed by atoms with Crippen LogP contribution in [0.4, 0.5) is 0 Å². The second-order valence-corrected chi connectivity index (χ2v) is 11.3. The Morgan fingerprint density at radius 3 is 2.00 bits per heavy atom. The second-order valence-electron chi connectivity index (χ2n) is 7.55. The zero-order valence-corrected chi connectivity index (χ0v) is 21.7. The van der Waals surface area contributed by atoms with Crippen LogP contribution in [0.25, 0.3) is 0 Å². The molecule has 0 radical (unpaired) electrons. The number of benzene rings is 3. The summed E-state index contributed by atoms with van der Waals surface area (Å²) in [5.41, 5.74) is 2.82. The number of nitrogens with zero attached hydrogens (tertiary/aromatic N) is 1. The first-order valence-electron chi connectivity index (χ1n) is 10.0. The number of carbonyl (C=O) groups is 1. The Balaban J connectivity index is 1.82. The van der Waals surface area contributed by atoms with Gasteiger partial charge in [0.2, 0.25) is 15.9 Å². The van der Waals surface area contributed by atoms with Crippen molar-refractivity contribution in [3.8, 4) is 0 Å². The fraction of sp³-hybridized carbons (Fsp3) is 0.208. The van der Waals surface area contributed by atoms with Crippen molar-refractivity contribution >= 4 is 47.8 Å². The average Bonchev–Trinajstić information content (AvgIpc) is 2.75. The first-order valence-corrected chi connectivity index (χ1v) is 13.0. The van der Waals surface area contributed by atoms with Crippen LogP contribution >= 0.6 is 31.9 Å². The molecule has 0 saturated heterocycles. The fourth-order valence-corrected chi connectivity index (χ4v) is 5.07. The molecule has 0 saturated carbocycles. The van der Waals surface area contributed by atoms with Crippen LogP contribution in [0, 0.1) is 6.92 Å². The van der Waals surface area contributed by atoms with Crippen molar-refractivity contribution < 1.29 is 13.2 Å². The monoisotopic (exact) mass is 578 g/mol. The van der Waals surface area contributed by atoms with Gasteiger partial charge < -0.3 is 5.32 Å². The molecule has 0 bridgehead atoms. The quantitative estimate of drug-likeness (QED) is 0.378. The lowest BCUT2D eigenvalue weighted by atomic mass is 10.1. The molecule has 0 aliphatic heterocycles. The van der Waals surface area contributed by atoms with Crippen LogP contribution in [0.2, 0.25) is 0 Å². The molecule has 8 heteroatoms. The first-order chi connectivity index (χ1) is 15.1. The van der Waals surface area contributed by atoms with E-state index in [1.165, 1.54) is 16.4 Å². The highest BCUT2D eigenvalue weighted by molar-refractivity contribution is 9.10. The molecule has 0 aliphatic rings. The zero-order chi connectivity index (χ0) is 23.3. The van der Waals surface area contributed by atoms with Gasteiger partial charge in [0.1, 0.15) is 0 Å². The van der Waals surface area contributed by atoms with Gasteiger partial charge in [0.25, 0.3) is 0 Å². The molecule has 32 heavy (non-hydrogen) atoms. The van der Waals surface area contributed by atoms with E-state index in [2.05, 4.69) is 37.2 Å². The molecular formula is C24H24Br2N2O3S. The number of hydrogen-bond donors (Lipinski definition) is 1.